The molecule has 0 saturated carbocycles. The predicted molar refractivity (Wildman–Crippen MR) is 44.6 cm³/mol. The maximum absolute atomic E-state index is 11.3. The zero-order chi connectivity index (χ0) is 9.26. The van der Waals surface area contributed by atoms with Gasteiger partial charge in [-0.2, -0.15) is 4.52 Å². The Labute approximate surface area is 72.6 Å². The van der Waals surface area contributed by atoms with Crippen molar-refractivity contribution >= 4 is 5.78 Å². The van der Waals surface area contributed by atoms with E-state index in [9.17, 15) is 4.79 Å². The van der Waals surface area contributed by atoms with Gasteiger partial charge in [-0.15, -0.1) is 0 Å². The summed E-state index contributed by atoms with van der Waals surface area (Å²) in [5.41, 5.74) is 2.79. The van der Waals surface area contributed by atoms with Gasteiger partial charge in [-0.25, -0.2) is 9.97 Å². The largest absolute Gasteiger partial charge is 0.278 e. The summed E-state index contributed by atoms with van der Waals surface area (Å²) in [6.45, 7) is 0.346. The molecule has 68 valence electrons. The van der Waals surface area contributed by atoms with Crippen molar-refractivity contribution in [2.45, 2.75) is 6.54 Å². The molecule has 0 aliphatic rings. The fraction of sp³-hybridized carbons (Fsp3) is 0.167. The van der Waals surface area contributed by atoms with Crippen LogP contribution >= 0.6 is 0 Å². The quantitative estimate of drug-likeness (QED) is 0.381. The van der Waals surface area contributed by atoms with Gasteiger partial charge in [0.15, 0.2) is 0 Å². The molecule has 0 fully saturated rings. The fourth-order valence-electron chi connectivity index (χ4n) is 1.06. The number of rotatable bonds is 2. The van der Waals surface area contributed by atoms with Gasteiger partial charge in [-0.1, -0.05) is 0 Å². The van der Waals surface area contributed by atoms with Crippen molar-refractivity contribution in [3.05, 3.63) is 28.4 Å². The molecule has 0 spiro atoms. The smallest absolute Gasteiger partial charge is 0.274 e. The van der Waals surface area contributed by atoms with Crippen LogP contribution in [0.3, 0.4) is 0 Å². The predicted octanol–water partition coefficient (Wildman–Crippen LogP) is -1.62. The Morgan fingerprint density at radius 2 is 2.54 bits per heavy atom. The van der Waals surface area contributed by atoms with Crippen LogP contribution in [0.4, 0.5) is 0 Å². The van der Waals surface area contributed by atoms with Crippen molar-refractivity contribution < 1.29 is 0 Å². The normalized spacial score (nSPS) is 10.8. The van der Waals surface area contributed by atoms with Gasteiger partial charge < -0.3 is 0 Å². The lowest BCUT2D eigenvalue weighted by Gasteiger charge is -1.97. The average Bonchev–Trinajstić information content (AvgIpc) is 2.53. The van der Waals surface area contributed by atoms with E-state index in [1.807, 2.05) is 0 Å². The molecular formula is C6H8N6O. The van der Waals surface area contributed by atoms with E-state index in [1.54, 1.807) is 0 Å². The Hall–Kier alpha value is -1.73. The molecule has 0 aliphatic heterocycles. The molecule has 7 heteroatoms. The van der Waals surface area contributed by atoms with E-state index in [2.05, 4.69) is 20.5 Å². The molecule has 0 unspecified atom stereocenters. The summed E-state index contributed by atoms with van der Waals surface area (Å²) in [4.78, 5) is 19.2. The van der Waals surface area contributed by atoms with Gasteiger partial charge in [0.05, 0.1) is 12.2 Å². The summed E-state index contributed by atoms with van der Waals surface area (Å²) in [5, 5.41) is 2.64. The zero-order valence-corrected chi connectivity index (χ0v) is 6.69. The Balaban J connectivity index is 2.63. The lowest BCUT2D eigenvalue weighted by atomic mass is 10.4. The number of nitrogens with two attached hydrogens (primary N) is 1. The van der Waals surface area contributed by atoms with E-state index in [4.69, 9.17) is 5.84 Å². The summed E-state index contributed by atoms with van der Waals surface area (Å²) in [6, 6.07) is 1.39. The lowest BCUT2D eigenvalue weighted by molar-refractivity contribution is 0.716. The van der Waals surface area contributed by atoms with Crippen molar-refractivity contribution in [3.8, 4) is 0 Å². The molecule has 0 saturated heterocycles. The third-order valence-electron chi connectivity index (χ3n) is 1.60. The van der Waals surface area contributed by atoms with Crippen LogP contribution in [0.15, 0.2) is 17.2 Å². The molecule has 2 aromatic heterocycles. The first-order valence-electron chi connectivity index (χ1n) is 3.67. The third-order valence-corrected chi connectivity index (χ3v) is 1.60. The molecule has 7 nitrogen and oxygen atoms in total. The highest BCUT2D eigenvalue weighted by Gasteiger charge is 2.02. The number of hydrazine groups is 1. The second-order valence-electron chi connectivity index (χ2n) is 2.49. The van der Waals surface area contributed by atoms with Crippen LogP contribution in [0.2, 0.25) is 0 Å². The first kappa shape index (κ1) is 7.90. The van der Waals surface area contributed by atoms with Gasteiger partial charge in [0.25, 0.3) is 11.3 Å². The standard InChI is InChI=1S/C6H8N6O/c7-9-2-4-1-5(13)12-6(11-4)8-3-10-12/h1,3,9H,2,7H2,(H,8,10,11). The third kappa shape index (κ3) is 1.30. The Bertz CT molecular complexity index is 471. The van der Waals surface area contributed by atoms with Crippen LogP contribution in [0, 0.1) is 0 Å². The fourth-order valence-corrected chi connectivity index (χ4v) is 1.06. The van der Waals surface area contributed by atoms with Gasteiger partial charge in [0.1, 0.15) is 6.33 Å². The van der Waals surface area contributed by atoms with Crippen molar-refractivity contribution in [2.75, 3.05) is 0 Å². The summed E-state index contributed by atoms with van der Waals surface area (Å²) < 4.78 is 1.25. The minimum absolute atomic E-state index is 0.201. The highest BCUT2D eigenvalue weighted by molar-refractivity contribution is 5.25. The van der Waals surface area contributed by atoms with Gasteiger partial charge in [0.2, 0.25) is 0 Å². The number of aromatic amines is 1. The molecule has 0 aromatic carbocycles. The maximum atomic E-state index is 11.3. The Morgan fingerprint density at radius 3 is 3.31 bits per heavy atom. The van der Waals surface area contributed by atoms with Crippen LogP contribution in [-0.4, -0.2) is 19.6 Å². The number of nitrogens with one attached hydrogen (secondary N) is 2. The van der Waals surface area contributed by atoms with Gasteiger partial charge in [-0.05, 0) is 0 Å². The molecule has 0 aliphatic carbocycles. The summed E-state index contributed by atoms with van der Waals surface area (Å²) in [7, 11) is 0. The summed E-state index contributed by atoms with van der Waals surface area (Å²) in [5.74, 6) is 5.45. The molecule has 0 radical (unpaired) electrons. The summed E-state index contributed by atoms with van der Waals surface area (Å²) >= 11 is 0. The monoisotopic (exact) mass is 180 g/mol. The molecule has 0 bridgehead atoms. The van der Waals surface area contributed by atoms with E-state index in [0.717, 1.165) is 0 Å². The van der Waals surface area contributed by atoms with Crippen LogP contribution in [0.25, 0.3) is 5.78 Å². The molecule has 2 aromatic rings. The number of fused-ring (bicyclic) bond motifs is 1. The van der Waals surface area contributed by atoms with Crippen LogP contribution < -0.4 is 16.8 Å². The Morgan fingerprint density at radius 1 is 1.69 bits per heavy atom. The molecule has 0 atom stereocenters. The topological polar surface area (TPSA) is 101 Å². The zero-order valence-electron chi connectivity index (χ0n) is 6.69. The Kier molecular flexibility index (Phi) is 1.80. The number of hydrogen-bond donors (Lipinski definition) is 3. The maximum Gasteiger partial charge on any atom is 0.274 e. The van der Waals surface area contributed by atoms with Gasteiger partial charge >= 0.3 is 0 Å². The molecule has 4 N–H and O–H groups in total. The van der Waals surface area contributed by atoms with Crippen molar-refractivity contribution in [1.82, 2.24) is 25.0 Å². The number of H-pyrrole nitrogens is 1. The SMILES string of the molecule is NNCc1cc(=O)n2[nH]cnc2n1. The molecule has 2 heterocycles. The van der Waals surface area contributed by atoms with Gasteiger partial charge in [-0.3, -0.25) is 21.2 Å². The highest BCUT2D eigenvalue weighted by Crippen LogP contribution is 1.92. The van der Waals surface area contributed by atoms with Crippen molar-refractivity contribution in [1.29, 1.82) is 0 Å². The molecule has 2 rings (SSSR count). The second-order valence-corrected chi connectivity index (χ2v) is 2.49. The van der Waals surface area contributed by atoms with Crippen molar-refractivity contribution in [2.24, 2.45) is 5.84 Å². The number of aromatic nitrogens is 4. The van der Waals surface area contributed by atoms with E-state index in [-0.39, 0.29) is 5.56 Å². The second kappa shape index (κ2) is 2.96. The van der Waals surface area contributed by atoms with E-state index < -0.39 is 0 Å². The van der Waals surface area contributed by atoms with Crippen molar-refractivity contribution in [3.63, 3.8) is 0 Å². The van der Waals surface area contributed by atoms with E-state index >= 15 is 0 Å². The summed E-state index contributed by atoms with van der Waals surface area (Å²) in [6.07, 6.45) is 1.41. The van der Waals surface area contributed by atoms with Crippen LogP contribution in [0.1, 0.15) is 5.69 Å². The highest BCUT2D eigenvalue weighted by atomic mass is 16.1. The first-order valence-corrected chi connectivity index (χ1v) is 3.67. The minimum Gasteiger partial charge on any atom is -0.278 e. The minimum atomic E-state index is -0.201. The first-order chi connectivity index (χ1) is 6.31. The molecule has 0 amide bonds. The van der Waals surface area contributed by atoms with Crippen LogP contribution in [0.5, 0.6) is 0 Å². The molecule has 13 heavy (non-hydrogen) atoms. The molecular weight excluding hydrogens is 172 g/mol. The van der Waals surface area contributed by atoms with E-state index in [1.165, 1.54) is 16.9 Å². The number of hydrogen-bond acceptors (Lipinski definition) is 5. The van der Waals surface area contributed by atoms with Crippen LogP contribution in [-0.2, 0) is 6.54 Å². The average molecular weight is 180 g/mol. The lowest BCUT2D eigenvalue weighted by Crippen LogP contribution is -2.24. The number of nitrogens with zero attached hydrogens (tertiary/aromatic N) is 3. The van der Waals surface area contributed by atoms with E-state index in [0.29, 0.717) is 18.0 Å². The van der Waals surface area contributed by atoms with Gasteiger partial charge in [0, 0.05) is 6.07 Å².